The number of aliphatic hydroxyl groups is 1. The van der Waals surface area contributed by atoms with Gasteiger partial charge in [-0.15, -0.1) is 0 Å². The molecule has 0 unspecified atom stereocenters. The number of hydrogen-bond donors (Lipinski definition) is 2. The van der Waals surface area contributed by atoms with Gasteiger partial charge in [-0.05, 0) is 19.2 Å². The van der Waals surface area contributed by atoms with Crippen molar-refractivity contribution in [2.75, 3.05) is 20.3 Å². The molecule has 0 saturated carbocycles. The number of benzene rings is 1. The van der Waals surface area contributed by atoms with E-state index in [0.717, 1.165) is 0 Å². The van der Waals surface area contributed by atoms with Crippen molar-refractivity contribution in [1.82, 2.24) is 4.90 Å². The molecule has 18 heavy (non-hydrogen) atoms. The van der Waals surface area contributed by atoms with E-state index in [0.29, 0.717) is 30.3 Å². The summed E-state index contributed by atoms with van der Waals surface area (Å²) < 4.78 is 5.21. The Hall–Kier alpha value is -0.520. The molecule has 1 aliphatic heterocycles. The van der Waals surface area contributed by atoms with Crippen molar-refractivity contribution in [1.29, 1.82) is 0 Å². The zero-order chi connectivity index (χ0) is 13.3. The fourth-order valence-electron chi connectivity index (χ4n) is 2.05. The first-order valence-corrected chi connectivity index (χ1v) is 6.38. The van der Waals surface area contributed by atoms with E-state index >= 15 is 0 Å². The van der Waals surface area contributed by atoms with Crippen LogP contribution in [0.5, 0.6) is 5.75 Å². The van der Waals surface area contributed by atoms with Gasteiger partial charge in [-0.2, -0.15) is 0 Å². The van der Waals surface area contributed by atoms with Crippen LogP contribution in [0.25, 0.3) is 0 Å². The van der Waals surface area contributed by atoms with Crippen LogP contribution in [0, 0.1) is 0 Å². The van der Waals surface area contributed by atoms with Crippen molar-refractivity contribution in [2.24, 2.45) is 0 Å². The normalized spacial score (nSPS) is 23.8. The third kappa shape index (κ3) is 2.73. The maximum absolute atomic E-state index is 9.75. The molecule has 1 fully saturated rings. The molecule has 1 heterocycles. The van der Waals surface area contributed by atoms with Crippen LogP contribution < -0.4 is 0 Å². The number of aromatic hydroxyl groups is 1. The number of nitrogens with zero attached hydrogens (tertiary/aromatic N) is 1. The number of hydrogen-bond acceptors (Lipinski definition) is 4. The average Bonchev–Trinajstić information content (AvgIpc) is 2.76. The molecule has 1 aromatic rings. The van der Waals surface area contributed by atoms with Crippen molar-refractivity contribution in [2.45, 2.75) is 18.7 Å². The molecule has 4 nitrogen and oxygen atoms in total. The van der Waals surface area contributed by atoms with Gasteiger partial charge in [-0.1, -0.05) is 23.2 Å². The van der Waals surface area contributed by atoms with E-state index in [1.54, 1.807) is 6.07 Å². The molecular formula is C12H15Cl2NO3. The van der Waals surface area contributed by atoms with Crippen LogP contribution in [-0.4, -0.2) is 47.5 Å². The summed E-state index contributed by atoms with van der Waals surface area (Å²) in [6.45, 7) is 1.26. The van der Waals surface area contributed by atoms with Gasteiger partial charge in [0.2, 0.25) is 0 Å². The number of aliphatic hydroxyl groups excluding tert-OH is 1. The van der Waals surface area contributed by atoms with Gasteiger partial charge >= 0.3 is 0 Å². The second kappa shape index (κ2) is 5.63. The molecule has 0 aromatic heterocycles. The molecule has 100 valence electrons. The molecule has 2 N–H and O–H groups in total. The van der Waals surface area contributed by atoms with Gasteiger partial charge in [-0.25, -0.2) is 0 Å². The Balaban J connectivity index is 2.16. The maximum atomic E-state index is 9.75. The second-order valence-corrected chi connectivity index (χ2v) is 5.23. The van der Waals surface area contributed by atoms with Gasteiger partial charge in [0, 0.05) is 17.1 Å². The molecule has 6 heteroatoms. The Bertz CT molecular complexity index is 442. The van der Waals surface area contributed by atoms with E-state index in [9.17, 15) is 10.2 Å². The van der Waals surface area contributed by atoms with Crippen LogP contribution in [0.1, 0.15) is 5.56 Å². The summed E-state index contributed by atoms with van der Waals surface area (Å²) in [5, 5.41) is 20.1. The lowest BCUT2D eigenvalue weighted by atomic mass is 10.1. The van der Waals surface area contributed by atoms with Crippen molar-refractivity contribution < 1.29 is 14.9 Å². The lowest BCUT2D eigenvalue weighted by Crippen LogP contribution is -2.40. The first-order valence-electron chi connectivity index (χ1n) is 5.62. The van der Waals surface area contributed by atoms with E-state index in [2.05, 4.69) is 0 Å². The molecule has 0 amide bonds. The van der Waals surface area contributed by atoms with Crippen LogP contribution in [0.2, 0.25) is 10.0 Å². The highest BCUT2D eigenvalue weighted by Crippen LogP contribution is 2.33. The Labute approximate surface area is 116 Å². The Kier molecular flexibility index (Phi) is 4.35. The van der Waals surface area contributed by atoms with Crippen LogP contribution in [0.15, 0.2) is 12.1 Å². The minimum absolute atomic E-state index is 0.00712. The highest BCUT2D eigenvalue weighted by atomic mass is 35.5. The summed E-state index contributed by atoms with van der Waals surface area (Å²) in [4.78, 5) is 1.92. The highest BCUT2D eigenvalue weighted by Gasteiger charge is 2.30. The van der Waals surface area contributed by atoms with Gasteiger partial charge in [0.15, 0.2) is 0 Å². The van der Waals surface area contributed by atoms with Gasteiger partial charge in [0.1, 0.15) is 5.75 Å². The fraction of sp³-hybridized carbons (Fsp3) is 0.500. The summed E-state index contributed by atoms with van der Waals surface area (Å²) in [6, 6.07) is 2.98. The van der Waals surface area contributed by atoms with Crippen LogP contribution in [0.3, 0.4) is 0 Å². The van der Waals surface area contributed by atoms with Gasteiger partial charge in [0.05, 0.1) is 30.4 Å². The quantitative estimate of drug-likeness (QED) is 0.893. The summed E-state index contributed by atoms with van der Waals surface area (Å²) in [6.07, 6.45) is -0.509. The molecule has 2 rings (SSSR count). The van der Waals surface area contributed by atoms with Gasteiger partial charge in [-0.3, -0.25) is 4.90 Å². The predicted octanol–water partition coefficient (Wildman–Crippen LogP) is 1.89. The van der Waals surface area contributed by atoms with Gasteiger partial charge < -0.3 is 14.9 Å². The Morgan fingerprint density at radius 1 is 1.39 bits per heavy atom. The molecule has 0 aliphatic carbocycles. The highest BCUT2D eigenvalue weighted by molar-refractivity contribution is 6.36. The SMILES string of the molecule is CN(Cc1c(Cl)ccc(O)c1Cl)[C@@H]1COC[C@H]1O. The number of likely N-dealkylation sites (N-methyl/N-ethyl adjacent to an activating group) is 1. The topological polar surface area (TPSA) is 52.9 Å². The van der Waals surface area contributed by atoms with Crippen molar-refractivity contribution in [3.05, 3.63) is 27.7 Å². The summed E-state index contributed by atoms with van der Waals surface area (Å²) >= 11 is 12.1. The van der Waals surface area contributed by atoms with E-state index in [1.165, 1.54) is 6.07 Å². The molecular weight excluding hydrogens is 277 g/mol. The number of rotatable bonds is 3. The largest absolute Gasteiger partial charge is 0.506 e. The van der Waals surface area contributed by atoms with E-state index < -0.39 is 6.10 Å². The third-order valence-electron chi connectivity index (χ3n) is 3.16. The van der Waals surface area contributed by atoms with Crippen molar-refractivity contribution in [3.8, 4) is 5.75 Å². The second-order valence-electron chi connectivity index (χ2n) is 4.45. The Morgan fingerprint density at radius 2 is 2.11 bits per heavy atom. The molecule has 0 spiro atoms. The third-order valence-corrected chi connectivity index (χ3v) is 3.94. The monoisotopic (exact) mass is 291 g/mol. The van der Waals surface area contributed by atoms with E-state index in [-0.39, 0.29) is 16.8 Å². The van der Waals surface area contributed by atoms with Crippen molar-refractivity contribution >= 4 is 23.2 Å². The summed E-state index contributed by atoms with van der Waals surface area (Å²) in [5.74, 6) is 0.00712. The number of phenolic OH excluding ortho intramolecular Hbond substituents is 1. The zero-order valence-electron chi connectivity index (χ0n) is 9.94. The minimum Gasteiger partial charge on any atom is -0.506 e. The zero-order valence-corrected chi connectivity index (χ0v) is 11.4. The van der Waals surface area contributed by atoms with Crippen LogP contribution >= 0.6 is 23.2 Å². The van der Waals surface area contributed by atoms with Gasteiger partial charge in [0.25, 0.3) is 0 Å². The lowest BCUT2D eigenvalue weighted by Gasteiger charge is -2.26. The first kappa shape index (κ1) is 13.9. The van der Waals surface area contributed by atoms with Crippen LogP contribution in [0.4, 0.5) is 0 Å². The average molecular weight is 292 g/mol. The number of ether oxygens (including phenoxy) is 1. The molecule has 1 aromatic carbocycles. The molecule has 1 saturated heterocycles. The van der Waals surface area contributed by atoms with Crippen LogP contribution in [-0.2, 0) is 11.3 Å². The molecule has 0 radical (unpaired) electrons. The minimum atomic E-state index is -0.509. The summed E-state index contributed by atoms with van der Waals surface area (Å²) in [5.41, 5.74) is 0.653. The fourth-order valence-corrected chi connectivity index (χ4v) is 2.54. The maximum Gasteiger partial charge on any atom is 0.134 e. The smallest absolute Gasteiger partial charge is 0.134 e. The van der Waals surface area contributed by atoms with E-state index in [1.807, 2.05) is 11.9 Å². The molecule has 2 atom stereocenters. The van der Waals surface area contributed by atoms with Crippen molar-refractivity contribution in [3.63, 3.8) is 0 Å². The Morgan fingerprint density at radius 3 is 2.72 bits per heavy atom. The first-order chi connectivity index (χ1) is 8.50. The predicted molar refractivity (Wildman–Crippen MR) is 70.2 cm³/mol. The summed E-state index contributed by atoms with van der Waals surface area (Å²) in [7, 11) is 1.86. The molecule has 0 bridgehead atoms. The number of phenols is 1. The molecule has 1 aliphatic rings. The van der Waals surface area contributed by atoms with E-state index in [4.69, 9.17) is 27.9 Å². The standard InChI is InChI=1S/C12H15Cl2NO3/c1-15(9-5-18-6-11(9)17)4-7-8(13)2-3-10(16)12(7)14/h2-3,9,11,16-17H,4-6H2,1H3/t9-,11-/m1/s1. The number of halogens is 2. The lowest BCUT2D eigenvalue weighted by molar-refractivity contribution is 0.0925.